The fraction of sp³-hybridized carbons (Fsp3) is 0.150. The molecule has 0 unspecified atom stereocenters. The number of hydrogen-bond acceptors (Lipinski definition) is 3. The van der Waals surface area contributed by atoms with Gasteiger partial charge >= 0.3 is 0 Å². The predicted molar refractivity (Wildman–Crippen MR) is 103 cm³/mol. The van der Waals surface area contributed by atoms with E-state index in [1.54, 1.807) is 17.6 Å². The van der Waals surface area contributed by atoms with Gasteiger partial charge in [-0.1, -0.05) is 30.8 Å². The number of benzene rings is 1. The van der Waals surface area contributed by atoms with Crippen LogP contribution in [0.3, 0.4) is 0 Å². The highest BCUT2D eigenvalue weighted by Gasteiger charge is 2.39. The second-order valence-corrected chi connectivity index (χ2v) is 12.2. The highest BCUT2D eigenvalue weighted by atomic mass is 32.1. The predicted octanol–water partition coefficient (Wildman–Crippen LogP) is 4.19. The van der Waals surface area contributed by atoms with Crippen molar-refractivity contribution in [1.29, 1.82) is 0 Å². The molecule has 0 saturated carbocycles. The van der Waals surface area contributed by atoms with E-state index in [-0.39, 0.29) is 5.78 Å². The molecule has 0 atom stereocenters. The van der Waals surface area contributed by atoms with Crippen molar-refractivity contribution in [3.05, 3.63) is 69.3 Å². The SMILES string of the molecule is Cc1ccc2c(c1)C(=O)c1sc(/C=C/c3ccco3)cc1[Si]2(C)C. The summed E-state index contributed by atoms with van der Waals surface area (Å²) in [5.74, 6) is 1.00. The number of furan rings is 1. The van der Waals surface area contributed by atoms with E-state index in [1.807, 2.05) is 37.3 Å². The Hall–Kier alpha value is -2.17. The van der Waals surface area contributed by atoms with Crippen molar-refractivity contribution in [3.63, 3.8) is 0 Å². The third-order valence-electron chi connectivity index (χ3n) is 4.68. The first-order valence-electron chi connectivity index (χ1n) is 7.98. The summed E-state index contributed by atoms with van der Waals surface area (Å²) in [7, 11) is -1.84. The van der Waals surface area contributed by atoms with Crippen LogP contribution >= 0.6 is 11.3 Å². The lowest BCUT2D eigenvalue weighted by molar-refractivity contribution is 0.104. The first-order chi connectivity index (χ1) is 11.5. The molecule has 1 aliphatic rings. The zero-order valence-corrected chi connectivity index (χ0v) is 15.7. The maximum absolute atomic E-state index is 13.0. The van der Waals surface area contributed by atoms with Crippen LogP contribution in [0, 0.1) is 6.92 Å². The summed E-state index contributed by atoms with van der Waals surface area (Å²) in [6, 6.07) is 12.3. The Balaban J connectivity index is 1.81. The Kier molecular flexibility index (Phi) is 3.48. The lowest BCUT2D eigenvalue weighted by Crippen LogP contribution is -2.58. The van der Waals surface area contributed by atoms with Crippen LogP contribution in [0.4, 0.5) is 0 Å². The summed E-state index contributed by atoms with van der Waals surface area (Å²) >= 11 is 1.59. The molecular weight excluding hydrogens is 332 g/mol. The molecule has 0 bridgehead atoms. The number of hydrogen-bond donors (Lipinski definition) is 0. The highest BCUT2D eigenvalue weighted by Crippen LogP contribution is 2.28. The number of carbonyl (C=O) groups excluding carboxylic acids is 1. The highest BCUT2D eigenvalue weighted by molar-refractivity contribution is 7.19. The van der Waals surface area contributed by atoms with Gasteiger partial charge in [0, 0.05) is 10.4 Å². The fourth-order valence-corrected chi connectivity index (χ4v) is 8.12. The molecule has 0 N–H and O–H groups in total. The van der Waals surface area contributed by atoms with Gasteiger partial charge in [-0.3, -0.25) is 4.79 Å². The standard InChI is InChI=1S/C20H18O2SSi/c1-13-6-9-17-16(11-13)19(21)20-18(24(17,2)3)12-15(23-20)8-7-14-5-4-10-22-14/h4-12H,1-3H3/b8-7+. The Labute approximate surface area is 146 Å². The van der Waals surface area contributed by atoms with E-state index >= 15 is 0 Å². The normalized spacial score (nSPS) is 15.5. The van der Waals surface area contributed by atoms with E-state index in [2.05, 4.69) is 31.3 Å². The van der Waals surface area contributed by atoms with Gasteiger partial charge in [-0.25, -0.2) is 0 Å². The Bertz CT molecular complexity index is 962. The molecule has 0 radical (unpaired) electrons. The Morgan fingerprint density at radius 1 is 1.08 bits per heavy atom. The molecule has 0 aliphatic carbocycles. The minimum Gasteiger partial charge on any atom is -0.465 e. The van der Waals surface area contributed by atoms with Crippen LogP contribution in [0.5, 0.6) is 0 Å². The van der Waals surface area contributed by atoms with Gasteiger partial charge in [0.25, 0.3) is 0 Å². The zero-order valence-electron chi connectivity index (χ0n) is 13.9. The van der Waals surface area contributed by atoms with Gasteiger partial charge in [-0.2, -0.15) is 0 Å². The van der Waals surface area contributed by atoms with E-state index in [0.717, 1.165) is 26.6 Å². The van der Waals surface area contributed by atoms with Crippen LogP contribution in [0.25, 0.3) is 12.2 Å². The molecule has 0 fully saturated rings. The smallest absolute Gasteiger partial charge is 0.202 e. The van der Waals surface area contributed by atoms with Crippen LogP contribution in [-0.2, 0) is 0 Å². The van der Waals surface area contributed by atoms with Crippen LogP contribution < -0.4 is 10.4 Å². The molecule has 1 aliphatic heterocycles. The molecule has 4 heteroatoms. The summed E-state index contributed by atoms with van der Waals surface area (Å²) in [5.41, 5.74) is 2.05. The van der Waals surface area contributed by atoms with Gasteiger partial charge in [0.05, 0.1) is 11.1 Å². The van der Waals surface area contributed by atoms with Crippen LogP contribution in [-0.4, -0.2) is 13.9 Å². The molecule has 2 nitrogen and oxygen atoms in total. The summed E-state index contributed by atoms with van der Waals surface area (Å²) in [4.78, 5) is 15.0. The monoisotopic (exact) mass is 350 g/mol. The summed E-state index contributed by atoms with van der Waals surface area (Å²) < 4.78 is 5.34. The summed E-state index contributed by atoms with van der Waals surface area (Å²) in [6.45, 7) is 6.71. The molecule has 0 spiro atoms. The molecule has 2 aromatic heterocycles. The van der Waals surface area contributed by atoms with Crippen molar-refractivity contribution in [2.24, 2.45) is 0 Å². The van der Waals surface area contributed by atoms with Crippen molar-refractivity contribution in [2.45, 2.75) is 20.0 Å². The molecular formula is C20H18O2SSi. The number of fused-ring (bicyclic) bond motifs is 2. The topological polar surface area (TPSA) is 30.2 Å². The first kappa shape index (κ1) is 15.4. The number of rotatable bonds is 2. The molecule has 3 heterocycles. The molecule has 0 amide bonds. The van der Waals surface area contributed by atoms with Gasteiger partial charge in [-0.15, -0.1) is 11.3 Å². The van der Waals surface area contributed by atoms with E-state index in [1.165, 1.54) is 10.4 Å². The van der Waals surface area contributed by atoms with E-state index in [9.17, 15) is 4.79 Å². The van der Waals surface area contributed by atoms with Crippen molar-refractivity contribution >= 4 is 47.7 Å². The molecule has 4 rings (SSSR count). The maximum Gasteiger partial charge on any atom is 0.202 e. The second-order valence-electron chi connectivity index (χ2n) is 6.74. The number of ketones is 1. The lowest BCUT2D eigenvalue weighted by Gasteiger charge is -2.30. The van der Waals surface area contributed by atoms with E-state index in [4.69, 9.17) is 4.42 Å². The average Bonchev–Trinajstić information content (AvgIpc) is 3.20. The fourth-order valence-electron chi connectivity index (χ4n) is 3.33. The summed E-state index contributed by atoms with van der Waals surface area (Å²) in [5, 5.41) is 2.51. The number of carbonyl (C=O) groups is 1. The van der Waals surface area contributed by atoms with Gasteiger partial charge in [0.2, 0.25) is 5.78 Å². The van der Waals surface area contributed by atoms with Crippen molar-refractivity contribution in [3.8, 4) is 0 Å². The zero-order chi connectivity index (χ0) is 16.9. The third kappa shape index (κ3) is 2.34. The minimum absolute atomic E-state index is 0.179. The van der Waals surface area contributed by atoms with Gasteiger partial charge < -0.3 is 4.42 Å². The Morgan fingerprint density at radius 3 is 2.67 bits per heavy atom. The van der Waals surface area contributed by atoms with Crippen molar-refractivity contribution < 1.29 is 9.21 Å². The van der Waals surface area contributed by atoms with Crippen LogP contribution in [0.2, 0.25) is 13.1 Å². The van der Waals surface area contributed by atoms with Gasteiger partial charge in [-0.05, 0) is 53.7 Å². The minimum atomic E-state index is -1.84. The first-order valence-corrected chi connectivity index (χ1v) is 11.8. The van der Waals surface area contributed by atoms with Crippen LogP contribution in [0.1, 0.15) is 31.4 Å². The van der Waals surface area contributed by atoms with Gasteiger partial charge in [0.15, 0.2) is 0 Å². The van der Waals surface area contributed by atoms with E-state index in [0.29, 0.717) is 0 Å². The maximum atomic E-state index is 13.0. The largest absolute Gasteiger partial charge is 0.465 e. The van der Waals surface area contributed by atoms with Gasteiger partial charge in [0.1, 0.15) is 13.8 Å². The third-order valence-corrected chi connectivity index (χ3v) is 9.48. The lowest BCUT2D eigenvalue weighted by atomic mass is 10.1. The second kappa shape index (κ2) is 5.43. The Morgan fingerprint density at radius 2 is 1.92 bits per heavy atom. The molecule has 3 aromatic rings. The molecule has 1 aromatic carbocycles. The van der Waals surface area contributed by atoms with E-state index < -0.39 is 8.07 Å². The summed E-state index contributed by atoms with van der Waals surface area (Å²) in [6.07, 6.45) is 5.65. The molecule has 120 valence electrons. The van der Waals surface area contributed by atoms with Crippen molar-refractivity contribution in [2.75, 3.05) is 0 Å². The molecule has 24 heavy (non-hydrogen) atoms. The number of aryl methyl sites for hydroxylation is 1. The van der Waals surface area contributed by atoms with Crippen LogP contribution in [0.15, 0.2) is 47.1 Å². The van der Waals surface area contributed by atoms with Crippen molar-refractivity contribution in [1.82, 2.24) is 0 Å². The average molecular weight is 351 g/mol. The number of thiophene rings is 1. The molecule has 0 saturated heterocycles. The quantitative estimate of drug-likeness (QED) is 0.649.